The average Bonchev–Trinajstić information content (AvgIpc) is 3.25. The normalized spacial score (nSPS) is 13.8. The van der Waals surface area contributed by atoms with Crippen LogP contribution in [0, 0.1) is 6.92 Å². The molecule has 1 aliphatic rings. The van der Waals surface area contributed by atoms with E-state index in [2.05, 4.69) is 31.4 Å². The number of rotatable bonds is 3. The Labute approximate surface area is 154 Å². The van der Waals surface area contributed by atoms with E-state index in [1.807, 2.05) is 5.38 Å². The van der Waals surface area contributed by atoms with Crippen LogP contribution in [0.3, 0.4) is 0 Å². The number of hydrogen-bond acceptors (Lipinski definition) is 7. The second-order valence-electron chi connectivity index (χ2n) is 5.24. The van der Waals surface area contributed by atoms with Crippen molar-refractivity contribution in [3.05, 3.63) is 37.1 Å². The Morgan fingerprint density at radius 1 is 1.46 bits per heavy atom. The minimum Gasteiger partial charge on any atom is -0.376 e. The highest BCUT2D eigenvalue weighted by atomic mass is 79.9. The number of aromatic nitrogens is 2. The Hall–Kier alpha value is -1.55. The quantitative estimate of drug-likeness (QED) is 0.678. The molecule has 0 saturated heterocycles. The molecule has 0 radical (unpaired) electrons. The van der Waals surface area contributed by atoms with E-state index in [0.717, 1.165) is 31.9 Å². The maximum atomic E-state index is 12.5. The fraction of sp³-hybridized carbons (Fsp3) is 0.267. The molecule has 0 fully saturated rings. The maximum Gasteiger partial charge on any atom is 0.266 e. The van der Waals surface area contributed by atoms with Crippen LogP contribution in [0.25, 0.3) is 11.5 Å². The van der Waals surface area contributed by atoms with Crippen LogP contribution in [0.15, 0.2) is 20.4 Å². The Morgan fingerprint density at radius 2 is 2.33 bits per heavy atom. The van der Waals surface area contributed by atoms with E-state index in [-0.39, 0.29) is 5.91 Å². The third-order valence-electron chi connectivity index (χ3n) is 3.58. The molecule has 0 aromatic carbocycles. The van der Waals surface area contributed by atoms with Crippen molar-refractivity contribution < 1.29 is 14.1 Å². The summed E-state index contributed by atoms with van der Waals surface area (Å²) in [6.07, 6.45) is 0.767. The van der Waals surface area contributed by atoms with Gasteiger partial charge in [-0.3, -0.25) is 4.79 Å². The highest BCUT2D eigenvalue weighted by Gasteiger charge is 2.27. The number of carbonyl (C=O) groups is 1. The summed E-state index contributed by atoms with van der Waals surface area (Å²) in [5.41, 5.74) is 1.94. The van der Waals surface area contributed by atoms with Gasteiger partial charge < -0.3 is 14.6 Å². The van der Waals surface area contributed by atoms with Gasteiger partial charge in [0.15, 0.2) is 5.82 Å². The molecule has 1 amide bonds. The summed E-state index contributed by atoms with van der Waals surface area (Å²) in [6, 6.07) is 1.80. The van der Waals surface area contributed by atoms with Crippen LogP contribution in [-0.2, 0) is 17.8 Å². The second-order valence-corrected chi connectivity index (χ2v) is 8.17. The molecule has 0 aliphatic carbocycles. The first-order chi connectivity index (χ1) is 11.6. The molecule has 1 aliphatic heterocycles. The summed E-state index contributed by atoms with van der Waals surface area (Å²) >= 11 is 6.26. The standard InChI is InChI=1S/C15H12BrN3O3S2/c1-7-17-14(22-19-7)12-9-2-3-21-5-11(9)24-15(12)18-13(20)10-4-8(16)6-23-10/h4,6H,2-3,5H2,1H3,(H,18,20). The number of anilines is 1. The number of fused-ring (bicyclic) bond motifs is 1. The van der Waals surface area contributed by atoms with Crippen LogP contribution in [0.4, 0.5) is 5.00 Å². The number of halogens is 1. The third kappa shape index (κ3) is 2.92. The predicted molar refractivity (Wildman–Crippen MR) is 95.7 cm³/mol. The van der Waals surface area contributed by atoms with Crippen LogP contribution in [-0.4, -0.2) is 22.7 Å². The number of nitrogens with one attached hydrogen (secondary N) is 1. The molecule has 0 unspecified atom stereocenters. The average molecular weight is 426 g/mol. The molecule has 4 heterocycles. The van der Waals surface area contributed by atoms with Crippen molar-refractivity contribution in [2.45, 2.75) is 20.0 Å². The van der Waals surface area contributed by atoms with Gasteiger partial charge in [-0.2, -0.15) is 4.98 Å². The molecule has 0 spiro atoms. The van der Waals surface area contributed by atoms with Gasteiger partial charge in [0.05, 0.1) is 23.7 Å². The highest BCUT2D eigenvalue weighted by molar-refractivity contribution is 9.10. The maximum absolute atomic E-state index is 12.5. The number of hydrogen-bond donors (Lipinski definition) is 1. The van der Waals surface area contributed by atoms with Gasteiger partial charge in [-0.1, -0.05) is 5.16 Å². The van der Waals surface area contributed by atoms with E-state index in [9.17, 15) is 4.79 Å². The highest BCUT2D eigenvalue weighted by Crippen LogP contribution is 2.42. The van der Waals surface area contributed by atoms with E-state index in [1.54, 1.807) is 13.0 Å². The summed E-state index contributed by atoms with van der Waals surface area (Å²) in [5, 5.41) is 9.47. The largest absolute Gasteiger partial charge is 0.376 e. The zero-order valence-corrected chi connectivity index (χ0v) is 15.8. The number of nitrogens with zero attached hydrogens (tertiary/aromatic N) is 2. The van der Waals surface area contributed by atoms with Gasteiger partial charge >= 0.3 is 0 Å². The Kier molecular flexibility index (Phi) is 4.25. The van der Waals surface area contributed by atoms with Gasteiger partial charge in [0.2, 0.25) is 0 Å². The van der Waals surface area contributed by atoms with Crippen LogP contribution in [0.2, 0.25) is 0 Å². The number of ether oxygens (including phenoxy) is 1. The molecule has 1 N–H and O–H groups in total. The van der Waals surface area contributed by atoms with Crippen molar-refractivity contribution >= 4 is 49.5 Å². The van der Waals surface area contributed by atoms with Crippen molar-refractivity contribution in [3.8, 4) is 11.5 Å². The van der Waals surface area contributed by atoms with E-state index in [0.29, 0.717) is 29.8 Å². The van der Waals surface area contributed by atoms with E-state index in [4.69, 9.17) is 9.26 Å². The number of amides is 1. The van der Waals surface area contributed by atoms with Gasteiger partial charge in [0, 0.05) is 14.7 Å². The van der Waals surface area contributed by atoms with Crippen molar-refractivity contribution in [2.24, 2.45) is 0 Å². The molecule has 24 heavy (non-hydrogen) atoms. The summed E-state index contributed by atoms with van der Waals surface area (Å²) in [4.78, 5) is 18.6. The predicted octanol–water partition coefficient (Wildman–Crippen LogP) is 4.26. The Bertz CT molecular complexity index is 915. The van der Waals surface area contributed by atoms with Crippen LogP contribution in [0.5, 0.6) is 0 Å². The second kappa shape index (κ2) is 6.40. The molecular formula is C15H12BrN3O3S2. The summed E-state index contributed by atoms with van der Waals surface area (Å²) in [7, 11) is 0. The van der Waals surface area contributed by atoms with Crippen molar-refractivity contribution in [3.63, 3.8) is 0 Å². The Balaban J connectivity index is 1.74. The SMILES string of the molecule is Cc1noc(-c2c(NC(=O)c3cc(Br)cs3)sc3c2CCOC3)n1. The molecular weight excluding hydrogens is 414 g/mol. The molecule has 0 saturated carbocycles. The zero-order valence-electron chi connectivity index (χ0n) is 12.6. The van der Waals surface area contributed by atoms with Gasteiger partial charge in [0.1, 0.15) is 5.00 Å². The summed E-state index contributed by atoms with van der Waals surface area (Å²) in [6.45, 7) is 2.96. The van der Waals surface area contributed by atoms with Crippen LogP contribution in [0.1, 0.15) is 25.9 Å². The van der Waals surface area contributed by atoms with Crippen LogP contribution >= 0.6 is 38.6 Å². The smallest absolute Gasteiger partial charge is 0.266 e. The lowest BCUT2D eigenvalue weighted by atomic mass is 10.1. The fourth-order valence-electron chi connectivity index (χ4n) is 2.54. The third-order valence-corrected chi connectivity index (χ3v) is 6.39. The lowest BCUT2D eigenvalue weighted by Gasteiger charge is -2.12. The van der Waals surface area contributed by atoms with Crippen molar-refractivity contribution in [1.82, 2.24) is 10.1 Å². The van der Waals surface area contributed by atoms with Gasteiger partial charge in [-0.15, -0.1) is 22.7 Å². The lowest BCUT2D eigenvalue weighted by molar-refractivity contribution is 0.103. The van der Waals surface area contributed by atoms with Crippen molar-refractivity contribution in [2.75, 3.05) is 11.9 Å². The van der Waals surface area contributed by atoms with Gasteiger partial charge in [0.25, 0.3) is 11.8 Å². The number of carbonyl (C=O) groups excluding carboxylic acids is 1. The number of thiophene rings is 2. The lowest BCUT2D eigenvalue weighted by Crippen LogP contribution is -2.10. The number of aryl methyl sites for hydroxylation is 1. The molecule has 0 atom stereocenters. The first-order valence-electron chi connectivity index (χ1n) is 7.20. The molecule has 3 aromatic rings. The van der Waals surface area contributed by atoms with E-state index < -0.39 is 0 Å². The summed E-state index contributed by atoms with van der Waals surface area (Å²) in [5.74, 6) is 0.855. The van der Waals surface area contributed by atoms with Crippen molar-refractivity contribution in [1.29, 1.82) is 0 Å². The van der Waals surface area contributed by atoms with E-state index in [1.165, 1.54) is 22.7 Å². The zero-order chi connectivity index (χ0) is 16.7. The molecule has 4 rings (SSSR count). The first kappa shape index (κ1) is 15.9. The monoisotopic (exact) mass is 425 g/mol. The molecule has 124 valence electrons. The topological polar surface area (TPSA) is 77.2 Å². The fourth-order valence-corrected chi connectivity index (χ4v) is 5.04. The summed E-state index contributed by atoms with van der Waals surface area (Å²) < 4.78 is 11.8. The van der Waals surface area contributed by atoms with Gasteiger partial charge in [-0.25, -0.2) is 0 Å². The van der Waals surface area contributed by atoms with Gasteiger partial charge in [-0.05, 0) is 40.9 Å². The Morgan fingerprint density at radius 3 is 3.04 bits per heavy atom. The van der Waals surface area contributed by atoms with Crippen LogP contribution < -0.4 is 5.32 Å². The molecule has 0 bridgehead atoms. The minimum absolute atomic E-state index is 0.150. The molecule has 3 aromatic heterocycles. The molecule has 9 heteroatoms. The first-order valence-corrected chi connectivity index (χ1v) is 9.69. The minimum atomic E-state index is -0.150. The molecule has 6 nitrogen and oxygen atoms in total. The van der Waals surface area contributed by atoms with E-state index >= 15 is 0 Å².